The molecule has 0 radical (unpaired) electrons. The number of nitrogens with zero attached hydrogens (tertiary/aromatic N) is 4. The van der Waals surface area contributed by atoms with Crippen LogP contribution in [0.3, 0.4) is 0 Å². The van der Waals surface area contributed by atoms with Crippen LogP contribution in [-0.4, -0.2) is 36.0 Å². The van der Waals surface area contributed by atoms with Gasteiger partial charge in [-0.3, -0.25) is 0 Å². The van der Waals surface area contributed by atoms with Crippen molar-refractivity contribution in [2.75, 3.05) is 17.1 Å². The lowest BCUT2D eigenvalue weighted by atomic mass is 10.2. The van der Waals surface area contributed by atoms with Crippen molar-refractivity contribution in [1.29, 1.82) is 0 Å². The molecule has 6 nitrogen and oxygen atoms in total. The lowest BCUT2D eigenvalue weighted by Crippen LogP contribution is -2.37. The topological polar surface area (TPSA) is 68.1 Å². The monoisotopic (exact) mass is 278 g/mol. The molecule has 3 rings (SSSR count). The van der Waals surface area contributed by atoms with Gasteiger partial charge in [-0.1, -0.05) is 30.3 Å². The lowest BCUT2D eigenvalue weighted by molar-refractivity contribution is 0.532. The van der Waals surface area contributed by atoms with E-state index < -0.39 is 10.0 Å². The number of sulfonamides is 1. The predicted molar refractivity (Wildman–Crippen MR) is 72.3 cm³/mol. The van der Waals surface area contributed by atoms with Crippen LogP contribution in [0.5, 0.6) is 0 Å². The highest BCUT2D eigenvalue weighted by Gasteiger charge is 2.27. The average Bonchev–Trinajstić information content (AvgIpc) is 2.82. The molecule has 0 saturated heterocycles. The second kappa shape index (κ2) is 4.34. The standard InChI is InChI=1S/C12H14N4O2S/c1-19(17,18)16-9-5-8-15-12(16)13-11(14-15)10-6-3-2-4-7-10/h2-4,6-7H,5,8-9H2,1H3. The van der Waals surface area contributed by atoms with Crippen LogP contribution in [0.25, 0.3) is 11.4 Å². The van der Waals surface area contributed by atoms with E-state index in [1.165, 1.54) is 10.6 Å². The fourth-order valence-corrected chi connectivity index (χ4v) is 3.05. The molecule has 0 spiro atoms. The summed E-state index contributed by atoms with van der Waals surface area (Å²) >= 11 is 0. The third-order valence-corrected chi connectivity index (χ3v) is 4.19. The van der Waals surface area contributed by atoms with Crippen molar-refractivity contribution >= 4 is 16.0 Å². The van der Waals surface area contributed by atoms with Gasteiger partial charge in [-0.15, -0.1) is 5.10 Å². The third-order valence-electron chi connectivity index (χ3n) is 3.04. The van der Waals surface area contributed by atoms with Crippen LogP contribution in [-0.2, 0) is 16.6 Å². The van der Waals surface area contributed by atoms with Crippen LogP contribution in [0.15, 0.2) is 30.3 Å². The molecule has 0 atom stereocenters. The summed E-state index contributed by atoms with van der Waals surface area (Å²) in [6, 6.07) is 9.55. The molecule has 0 unspecified atom stereocenters. The van der Waals surface area contributed by atoms with Crippen LogP contribution < -0.4 is 4.31 Å². The van der Waals surface area contributed by atoms with Gasteiger partial charge >= 0.3 is 0 Å². The van der Waals surface area contributed by atoms with Crippen LogP contribution in [0.4, 0.5) is 5.95 Å². The molecule has 0 bridgehead atoms. The molecule has 0 amide bonds. The van der Waals surface area contributed by atoms with E-state index in [1.54, 1.807) is 4.68 Å². The normalized spacial score (nSPS) is 15.3. The average molecular weight is 278 g/mol. The van der Waals surface area contributed by atoms with E-state index in [9.17, 15) is 8.42 Å². The maximum absolute atomic E-state index is 11.7. The third kappa shape index (κ3) is 2.21. The summed E-state index contributed by atoms with van der Waals surface area (Å²) in [7, 11) is -3.30. The van der Waals surface area contributed by atoms with Crippen molar-refractivity contribution in [1.82, 2.24) is 14.8 Å². The van der Waals surface area contributed by atoms with Crippen LogP contribution in [0, 0.1) is 0 Å². The molecule has 0 aliphatic carbocycles. The van der Waals surface area contributed by atoms with Crippen LogP contribution >= 0.6 is 0 Å². The summed E-state index contributed by atoms with van der Waals surface area (Å²) in [5, 5.41) is 4.38. The summed E-state index contributed by atoms with van der Waals surface area (Å²) in [6.45, 7) is 1.16. The highest BCUT2D eigenvalue weighted by atomic mass is 32.2. The van der Waals surface area contributed by atoms with Gasteiger partial charge in [0.1, 0.15) is 0 Å². The largest absolute Gasteiger partial charge is 0.238 e. The number of aryl methyl sites for hydroxylation is 1. The van der Waals surface area contributed by atoms with E-state index in [0.717, 1.165) is 12.0 Å². The van der Waals surface area contributed by atoms with Gasteiger partial charge in [-0.2, -0.15) is 4.98 Å². The lowest BCUT2D eigenvalue weighted by Gasteiger charge is -2.25. The Morgan fingerprint density at radius 1 is 1.16 bits per heavy atom. The highest BCUT2D eigenvalue weighted by Crippen LogP contribution is 2.24. The number of fused-ring (bicyclic) bond motifs is 1. The summed E-state index contributed by atoms with van der Waals surface area (Å²) in [4.78, 5) is 4.37. The summed E-state index contributed by atoms with van der Waals surface area (Å²) in [5.74, 6) is 0.971. The maximum atomic E-state index is 11.7. The number of benzene rings is 1. The highest BCUT2D eigenvalue weighted by molar-refractivity contribution is 7.92. The van der Waals surface area contributed by atoms with Gasteiger partial charge in [0.15, 0.2) is 5.82 Å². The zero-order valence-corrected chi connectivity index (χ0v) is 11.3. The second-order valence-electron chi connectivity index (χ2n) is 4.51. The molecular weight excluding hydrogens is 264 g/mol. The molecule has 0 saturated carbocycles. The molecule has 0 fully saturated rings. The van der Waals surface area contributed by atoms with Crippen molar-refractivity contribution in [2.24, 2.45) is 0 Å². The Kier molecular flexibility index (Phi) is 2.78. The smallest absolute Gasteiger partial charge is 0.238 e. The minimum absolute atomic E-state index is 0.410. The number of anilines is 1. The zero-order chi connectivity index (χ0) is 13.5. The Morgan fingerprint density at radius 2 is 1.89 bits per heavy atom. The first kappa shape index (κ1) is 12.2. The summed E-state index contributed by atoms with van der Waals surface area (Å²) in [6.07, 6.45) is 1.94. The van der Waals surface area contributed by atoms with E-state index in [0.29, 0.717) is 24.9 Å². The number of hydrogen-bond acceptors (Lipinski definition) is 4. The molecule has 1 aromatic carbocycles. The summed E-state index contributed by atoms with van der Waals surface area (Å²) < 4.78 is 26.5. The van der Waals surface area contributed by atoms with Crippen molar-refractivity contribution < 1.29 is 8.42 Å². The first-order valence-electron chi connectivity index (χ1n) is 6.04. The van der Waals surface area contributed by atoms with Gasteiger partial charge in [0.05, 0.1) is 6.26 Å². The van der Waals surface area contributed by atoms with Crippen molar-refractivity contribution in [3.05, 3.63) is 30.3 Å². The van der Waals surface area contributed by atoms with Gasteiger partial charge in [0.2, 0.25) is 16.0 Å². The van der Waals surface area contributed by atoms with E-state index in [2.05, 4.69) is 10.1 Å². The molecular formula is C12H14N4O2S. The molecule has 2 aromatic rings. The Balaban J connectivity index is 2.08. The fraction of sp³-hybridized carbons (Fsp3) is 0.333. The van der Waals surface area contributed by atoms with E-state index in [-0.39, 0.29) is 0 Å². The van der Waals surface area contributed by atoms with Gasteiger partial charge < -0.3 is 0 Å². The molecule has 19 heavy (non-hydrogen) atoms. The molecule has 2 heterocycles. The van der Waals surface area contributed by atoms with E-state index >= 15 is 0 Å². The Morgan fingerprint density at radius 3 is 2.58 bits per heavy atom. The minimum atomic E-state index is -3.30. The Hall–Kier alpha value is -1.89. The SMILES string of the molecule is CS(=O)(=O)N1CCCn2nc(-c3ccccc3)nc21. The first-order chi connectivity index (χ1) is 9.05. The zero-order valence-electron chi connectivity index (χ0n) is 10.5. The van der Waals surface area contributed by atoms with Gasteiger partial charge in [0.25, 0.3) is 0 Å². The van der Waals surface area contributed by atoms with Crippen LogP contribution in [0.2, 0.25) is 0 Å². The van der Waals surface area contributed by atoms with Gasteiger partial charge in [-0.25, -0.2) is 17.4 Å². The molecule has 1 aliphatic heterocycles. The molecule has 7 heteroatoms. The number of hydrogen-bond donors (Lipinski definition) is 0. The molecule has 0 N–H and O–H groups in total. The molecule has 1 aromatic heterocycles. The van der Waals surface area contributed by atoms with Crippen molar-refractivity contribution in [3.8, 4) is 11.4 Å². The first-order valence-corrected chi connectivity index (χ1v) is 7.88. The Labute approximate surface area is 111 Å². The van der Waals surface area contributed by atoms with Crippen molar-refractivity contribution in [2.45, 2.75) is 13.0 Å². The minimum Gasteiger partial charge on any atom is -0.238 e. The number of aromatic nitrogens is 3. The fourth-order valence-electron chi connectivity index (χ4n) is 2.16. The van der Waals surface area contributed by atoms with Gasteiger partial charge in [-0.05, 0) is 6.42 Å². The molecule has 1 aliphatic rings. The maximum Gasteiger partial charge on any atom is 0.238 e. The second-order valence-corrected chi connectivity index (χ2v) is 6.42. The quantitative estimate of drug-likeness (QED) is 0.825. The predicted octanol–water partition coefficient (Wildman–Crippen LogP) is 1.11. The van der Waals surface area contributed by atoms with E-state index in [1.807, 2.05) is 30.3 Å². The van der Waals surface area contributed by atoms with E-state index in [4.69, 9.17) is 0 Å². The number of rotatable bonds is 2. The van der Waals surface area contributed by atoms with Gasteiger partial charge in [0, 0.05) is 18.7 Å². The van der Waals surface area contributed by atoms with Crippen molar-refractivity contribution in [3.63, 3.8) is 0 Å². The molecule has 100 valence electrons. The van der Waals surface area contributed by atoms with Crippen LogP contribution in [0.1, 0.15) is 6.42 Å². The Bertz CT molecular complexity index is 694. The summed E-state index contributed by atoms with van der Waals surface area (Å²) in [5.41, 5.74) is 0.887.